The second kappa shape index (κ2) is 8.25. The zero-order valence-corrected chi connectivity index (χ0v) is 11.9. The Labute approximate surface area is 115 Å². The van der Waals surface area contributed by atoms with Gasteiger partial charge in [0.25, 0.3) is 0 Å². The molecule has 0 saturated heterocycles. The van der Waals surface area contributed by atoms with Gasteiger partial charge in [-0.1, -0.05) is 18.7 Å². The molecule has 0 bridgehead atoms. The molecule has 0 N–H and O–H groups in total. The average molecular weight is 262 g/mol. The molecule has 1 aromatic carbocycles. The normalized spacial score (nSPS) is 11.0. The molecule has 104 valence electrons. The second-order valence-electron chi connectivity index (χ2n) is 4.28. The summed E-state index contributed by atoms with van der Waals surface area (Å²) >= 11 is 0. The molecule has 1 rings (SSSR count). The summed E-state index contributed by atoms with van der Waals surface area (Å²) in [6, 6.07) is 6.00. The summed E-state index contributed by atoms with van der Waals surface area (Å²) in [5.41, 5.74) is 2.42. The van der Waals surface area contributed by atoms with Crippen molar-refractivity contribution in [3.05, 3.63) is 48.3 Å². The van der Waals surface area contributed by atoms with Gasteiger partial charge in [0.1, 0.15) is 6.61 Å². The number of methoxy groups -OCH3 is 2. The quantitative estimate of drug-likeness (QED) is 0.406. The highest BCUT2D eigenvalue weighted by atomic mass is 16.5. The number of aryl methyl sites for hydroxylation is 1. The third-order valence-electron chi connectivity index (χ3n) is 2.75. The van der Waals surface area contributed by atoms with Crippen molar-refractivity contribution < 1.29 is 14.2 Å². The first kappa shape index (κ1) is 15.2. The number of hydrogen-bond donors (Lipinski definition) is 0. The van der Waals surface area contributed by atoms with Crippen molar-refractivity contribution in [1.29, 1.82) is 0 Å². The largest absolute Gasteiger partial charge is 0.497 e. The summed E-state index contributed by atoms with van der Waals surface area (Å²) in [4.78, 5) is 0. The Hall–Kier alpha value is -1.90. The third-order valence-corrected chi connectivity index (χ3v) is 2.75. The summed E-state index contributed by atoms with van der Waals surface area (Å²) in [6.07, 6.45) is 5.42. The van der Waals surface area contributed by atoms with E-state index in [-0.39, 0.29) is 0 Å². The lowest BCUT2D eigenvalue weighted by Gasteiger charge is -2.09. The monoisotopic (exact) mass is 262 g/mol. The van der Waals surface area contributed by atoms with Crippen LogP contribution in [0.5, 0.6) is 11.5 Å². The van der Waals surface area contributed by atoms with E-state index in [1.165, 1.54) is 11.1 Å². The van der Waals surface area contributed by atoms with E-state index < -0.39 is 0 Å². The smallest absolute Gasteiger partial charge is 0.160 e. The number of rotatable bonds is 8. The maximum Gasteiger partial charge on any atom is 0.160 e. The van der Waals surface area contributed by atoms with Gasteiger partial charge < -0.3 is 14.2 Å². The molecule has 0 aliphatic rings. The molecular weight excluding hydrogens is 240 g/mol. The van der Waals surface area contributed by atoms with Gasteiger partial charge in [0.05, 0.1) is 20.5 Å². The van der Waals surface area contributed by atoms with Crippen molar-refractivity contribution in [2.75, 3.05) is 20.8 Å². The second-order valence-corrected chi connectivity index (χ2v) is 4.28. The molecule has 0 aromatic heterocycles. The van der Waals surface area contributed by atoms with Gasteiger partial charge in [0, 0.05) is 0 Å². The van der Waals surface area contributed by atoms with Gasteiger partial charge in [-0.05, 0) is 43.0 Å². The Morgan fingerprint density at radius 1 is 1.21 bits per heavy atom. The SMILES string of the molecule is C=CCOC=C(C)CCc1ccc(OC)c(OC)c1. The van der Waals surface area contributed by atoms with Crippen LogP contribution >= 0.6 is 0 Å². The molecule has 3 heteroatoms. The first-order valence-corrected chi connectivity index (χ1v) is 6.30. The molecule has 0 unspecified atom stereocenters. The minimum Gasteiger partial charge on any atom is -0.497 e. The standard InChI is InChI=1S/C16H22O3/c1-5-10-19-12-13(2)6-7-14-8-9-15(17-3)16(11-14)18-4/h5,8-9,11-12H,1,6-7,10H2,2-4H3. The number of allylic oxidation sites excluding steroid dienone is 1. The van der Waals surface area contributed by atoms with Crippen LogP contribution in [-0.2, 0) is 11.2 Å². The number of ether oxygens (including phenoxy) is 3. The summed E-state index contributed by atoms with van der Waals surface area (Å²) < 4.78 is 15.8. The van der Waals surface area contributed by atoms with Crippen LogP contribution in [0, 0.1) is 0 Å². The molecule has 0 spiro atoms. The van der Waals surface area contributed by atoms with E-state index in [1.54, 1.807) is 26.6 Å². The van der Waals surface area contributed by atoms with Gasteiger partial charge in [-0.25, -0.2) is 0 Å². The highest BCUT2D eigenvalue weighted by Gasteiger charge is 2.04. The molecule has 0 aliphatic heterocycles. The molecule has 0 amide bonds. The fraction of sp³-hybridized carbons (Fsp3) is 0.375. The van der Waals surface area contributed by atoms with E-state index in [0.717, 1.165) is 24.3 Å². The molecule has 0 heterocycles. The Balaban J connectivity index is 2.58. The van der Waals surface area contributed by atoms with Crippen molar-refractivity contribution in [1.82, 2.24) is 0 Å². The first-order valence-electron chi connectivity index (χ1n) is 6.30. The predicted octanol–water partition coefficient (Wildman–Crippen LogP) is 3.74. The van der Waals surface area contributed by atoms with Crippen molar-refractivity contribution >= 4 is 0 Å². The maximum atomic E-state index is 5.29. The lowest BCUT2D eigenvalue weighted by Crippen LogP contribution is -1.93. The van der Waals surface area contributed by atoms with Gasteiger partial charge in [0.15, 0.2) is 11.5 Å². The zero-order chi connectivity index (χ0) is 14.1. The highest BCUT2D eigenvalue weighted by molar-refractivity contribution is 5.43. The third kappa shape index (κ3) is 5.08. The molecular formula is C16H22O3. The van der Waals surface area contributed by atoms with E-state index in [1.807, 2.05) is 12.1 Å². The van der Waals surface area contributed by atoms with E-state index in [9.17, 15) is 0 Å². The topological polar surface area (TPSA) is 27.7 Å². The van der Waals surface area contributed by atoms with Gasteiger partial charge in [-0.2, -0.15) is 0 Å². The lowest BCUT2D eigenvalue weighted by molar-refractivity contribution is 0.285. The first-order chi connectivity index (χ1) is 9.21. The van der Waals surface area contributed by atoms with Crippen LogP contribution < -0.4 is 9.47 Å². The minimum atomic E-state index is 0.549. The van der Waals surface area contributed by atoms with Crippen molar-refractivity contribution in [3.63, 3.8) is 0 Å². The van der Waals surface area contributed by atoms with E-state index in [2.05, 4.69) is 19.6 Å². The van der Waals surface area contributed by atoms with Crippen LogP contribution in [0.3, 0.4) is 0 Å². The fourth-order valence-electron chi connectivity index (χ4n) is 1.69. The molecule has 1 aromatic rings. The highest BCUT2D eigenvalue weighted by Crippen LogP contribution is 2.28. The Morgan fingerprint density at radius 3 is 2.58 bits per heavy atom. The number of benzene rings is 1. The van der Waals surface area contributed by atoms with E-state index in [4.69, 9.17) is 14.2 Å². The molecule has 0 saturated carbocycles. The molecule has 0 aliphatic carbocycles. The summed E-state index contributed by atoms with van der Waals surface area (Å²) in [5, 5.41) is 0. The Kier molecular flexibility index (Phi) is 6.58. The van der Waals surface area contributed by atoms with E-state index in [0.29, 0.717) is 6.61 Å². The van der Waals surface area contributed by atoms with Gasteiger partial charge >= 0.3 is 0 Å². The van der Waals surface area contributed by atoms with Gasteiger partial charge in [-0.15, -0.1) is 0 Å². The average Bonchev–Trinajstić information content (AvgIpc) is 2.45. The predicted molar refractivity (Wildman–Crippen MR) is 77.8 cm³/mol. The lowest BCUT2D eigenvalue weighted by atomic mass is 10.1. The van der Waals surface area contributed by atoms with E-state index >= 15 is 0 Å². The van der Waals surface area contributed by atoms with Crippen molar-refractivity contribution in [2.24, 2.45) is 0 Å². The number of hydrogen-bond acceptors (Lipinski definition) is 3. The van der Waals surface area contributed by atoms with Crippen LogP contribution in [0.15, 0.2) is 42.7 Å². The Bertz CT molecular complexity index is 436. The Morgan fingerprint density at radius 2 is 1.95 bits per heavy atom. The molecule has 0 atom stereocenters. The molecule has 0 radical (unpaired) electrons. The van der Waals surface area contributed by atoms with Crippen LogP contribution in [0.25, 0.3) is 0 Å². The zero-order valence-electron chi connectivity index (χ0n) is 11.9. The summed E-state index contributed by atoms with van der Waals surface area (Å²) in [5.74, 6) is 1.53. The van der Waals surface area contributed by atoms with Crippen molar-refractivity contribution in [2.45, 2.75) is 19.8 Å². The van der Waals surface area contributed by atoms with Crippen LogP contribution in [0.2, 0.25) is 0 Å². The molecule has 0 fully saturated rings. The summed E-state index contributed by atoms with van der Waals surface area (Å²) in [6.45, 7) is 6.22. The fourth-order valence-corrected chi connectivity index (χ4v) is 1.69. The minimum absolute atomic E-state index is 0.549. The van der Waals surface area contributed by atoms with Crippen LogP contribution in [0.1, 0.15) is 18.9 Å². The van der Waals surface area contributed by atoms with Crippen LogP contribution in [0.4, 0.5) is 0 Å². The molecule has 3 nitrogen and oxygen atoms in total. The summed E-state index contributed by atoms with van der Waals surface area (Å²) in [7, 11) is 3.29. The van der Waals surface area contributed by atoms with Crippen molar-refractivity contribution in [3.8, 4) is 11.5 Å². The maximum absolute atomic E-state index is 5.29. The van der Waals surface area contributed by atoms with Gasteiger partial charge in [0.2, 0.25) is 0 Å². The van der Waals surface area contributed by atoms with Crippen LogP contribution in [-0.4, -0.2) is 20.8 Å². The van der Waals surface area contributed by atoms with Gasteiger partial charge in [-0.3, -0.25) is 0 Å². The molecule has 19 heavy (non-hydrogen) atoms.